The molecule has 0 N–H and O–H groups in total. The molecule has 0 saturated heterocycles. The highest BCUT2D eigenvalue weighted by Gasteiger charge is 2.29. The van der Waals surface area contributed by atoms with E-state index in [1.54, 1.807) is 37.7 Å². The van der Waals surface area contributed by atoms with Gasteiger partial charge in [0.25, 0.3) is 0 Å². The first-order valence-electron chi connectivity index (χ1n) is 8.37. The Morgan fingerprint density at radius 2 is 1.81 bits per heavy atom. The third-order valence-corrected chi connectivity index (χ3v) is 6.45. The maximum absolute atomic E-state index is 13.0. The zero-order valence-corrected chi connectivity index (χ0v) is 16.2. The molecule has 26 heavy (non-hydrogen) atoms. The molecule has 0 aliphatic rings. The first kappa shape index (κ1) is 18.4. The molecule has 0 saturated carbocycles. The van der Waals surface area contributed by atoms with Crippen LogP contribution in [0, 0.1) is 20.8 Å². The van der Waals surface area contributed by atoms with E-state index in [1.165, 1.54) is 16.1 Å². The standard InChI is InChI=1S/C19H23N3O3S/c1-14-7-9-17(10-8-14)12-22-16(3)19(15(2)20-22)26(23,24)21(4)13-18-6-5-11-25-18/h5-11H,12-13H2,1-4H3. The monoisotopic (exact) mass is 373 g/mol. The van der Waals surface area contributed by atoms with Gasteiger partial charge in [-0.25, -0.2) is 8.42 Å². The Morgan fingerprint density at radius 1 is 1.12 bits per heavy atom. The highest BCUT2D eigenvalue weighted by atomic mass is 32.2. The molecule has 0 aliphatic carbocycles. The summed E-state index contributed by atoms with van der Waals surface area (Å²) in [6, 6.07) is 11.6. The largest absolute Gasteiger partial charge is 0.468 e. The summed E-state index contributed by atoms with van der Waals surface area (Å²) in [5.74, 6) is 0.596. The second-order valence-corrected chi connectivity index (χ2v) is 8.47. The second-order valence-electron chi connectivity index (χ2n) is 6.48. The van der Waals surface area contributed by atoms with E-state index in [1.807, 2.05) is 31.2 Å². The van der Waals surface area contributed by atoms with Crippen molar-refractivity contribution in [2.24, 2.45) is 0 Å². The van der Waals surface area contributed by atoms with Crippen LogP contribution in [0.5, 0.6) is 0 Å². The number of rotatable bonds is 6. The molecule has 0 atom stereocenters. The molecule has 2 heterocycles. The molecular weight excluding hydrogens is 350 g/mol. The minimum atomic E-state index is -3.66. The number of benzene rings is 1. The fourth-order valence-electron chi connectivity index (χ4n) is 2.94. The molecule has 1 aromatic carbocycles. The zero-order valence-electron chi connectivity index (χ0n) is 15.4. The third-order valence-electron chi connectivity index (χ3n) is 4.39. The quantitative estimate of drug-likeness (QED) is 0.665. The molecule has 0 fully saturated rings. The summed E-state index contributed by atoms with van der Waals surface area (Å²) < 4.78 is 34.4. The van der Waals surface area contributed by atoms with Crippen molar-refractivity contribution in [3.8, 4) is 0 Å². The van der Waals surface area contributed by atoms with Crippen LogP contribution in [0.4, 0.5) is 0 Å². The molecule has 7 heteroatoms. The van der Waals surface area contributed by atoms with Gasteiger partial charge in [-0.2, -0.15) is 9.40 Å². The van der Waals surface area contributed by atoms with E-state index in [9.17, 15) is 8.42 Å². The number of hydrogen-bond donors (Lipinski definition) is 0. The van der Waals surface area contributed by atoms with E-state index in [2.05, 4.69) is 5.10 Å². The van der Waals surface area contributed by atoms with Gasteiger partial charge < -0.3 is 4.42 Å². The summed E-state index contributed by atoms with van der Waals surface area (Å²) in [6.45, 7) is 6.27. The topological polar surface area (TPSA) is 68.3 Å². The van der Waals surface area contributed by atoms with E-state index in [-0.39, 0.29) is 11.4 Å². The summed E-state index contributed by atoms with van der Waals surface area (Å²) in [4.78, 5) is 0.263. The lowest BCUT2D eigenvalue weighted by atomic mass is 10.1. The maximum atomic E-state index is 13.0. The Balaban J connectivity index is 1.90. The minimum Gasteiger partial charge on any atom is -0.468 e. The fraction of sp³-hybridized carbons (Fsp3) is 0.316. The van der Waals surface area contributed by atoms with Crippen molar-refractivity contribution in [1.29, 1.82) is 0 Å². The molecule has 0 spiro atoms. The van der Waals surface area contributed by atoms with Gasteiger partial charge in [0.05, 0.1) is 30.7 Å². The molecule has 0 amide bonds. The van der Waals surface area contributed by atoms with Crippen molar-refractivity contribution in [1.82, 2.24) is 14.1 Å². The summed E-state index contributed by atoms with van der Waals surface area (Å²) >= 11 is 0. The van der Waals surface area contributed by atoms with Gasteiger partial charge in [0.15, 0.2) is 0 Å². The van der Waals surface area contributed by atoms with Crippen molar-refractivity contribution in [3.63, 3.8) is 0 Å². The summed E-state index contributed by atoms with van der Waals surface area (Å²) in [7, 11) is -2.11. The van der Waals surface area contributed by atoms with Crippen LogP contribution >= 0.6 is 0 Å². The van der Waals surface area contributed by atoms with Gasteiger partial charge in [-0.05, 0) is 38.5 Å². The molecule has 0 radical (unpaired) electrons. The number of aryl methyl sites for hydroxylation is 2. The lowest BCUT2D eigenvalue weighted by molar-refractivity contribution is 0.406. The number of hydrogen-bond acceptors (Lipinski definition) is 4. The van der Waals surface area contributed by atoms with E-state index < -0.39 is 10.0 Å². The van der Waals surface area contributed by atoms with Gasteiger partial charge in [-0.1, -0.05) is 29.8 Å². The van der Waals surface area contributed by atoms with Crippen molar-refractivity contribution in [2.45, 2.75) is 38.8 Å². The van der Waals surface area contributed by atoms with Crippen LogP contribution < -0.4 is 0 Å². The van der Waals surface area contributed by atoms with E-state index in [0.29, 0.717) is 23.7 Å². The van der Waals surface area contributed by atoms with Crippen LogP contribution in [0.1, 0.15) is 28.3 Å². The molecule has 3 aromatic rings. The molecule has 2 aromatic heterocycles. The SMILES string of the molecule is Cc1ccc(Cn2nc(C)c(S(=O)(=O)N(C)Cc3ccco3)c2C)cc1. The Hall–Kier alpha value is -2.38. The van der Waals surface area contributed by atoms with Crippen LogP contribution in [0.2, 0.25) is 0 Å². The summed E-state index contributed by atoms with van der Waals surface area (Å²) in [6.07, 6.45) is 1.53. The van der Waals surface area contributed by atoms with Gasteiger partial charge in [0.1, 0.15) is 10.7 Å². The van der Waals surface area contributed by atoms with Crippen molar-refractivity contribution >= 4 is 10.0 Å². The number of nitrogens with zero attached hydrogens (tertiary/aromatic N) is 3. The minimum absolute atomic E-state index is 0.178. The molecular formula is C19H23N3O3S. The van der Waals surface area contributed by atoms with E-state index in [0.717, 1.165) is 5.56 Å². The van der Waals surface area contributed by atoms with Crippen LogP contribution in [0.25, 0.3) is 0 Å². The van der Waals surface area contributed by atoms with Crippen LogP contribution in [-0.4, -0.2) is 29.6 Å². The first-order chi connectivity index (χ1) is 12.3. The molecule has 3 rings (SSSR count). The highest BCUT2D eigenvalue weighted by molar-refractivity contribution is 7.89. The van der Waals surface area contributed by atoms with Crippen molar-refractivity contribution < 1.29 is 12.8 Å². The van der Waals surface area contributed by atoms with Gasteiger partial charge >= 0.3 is 0 Å². The lowest BCUT2D eigenvalue weighted by Crippen LogP contribution is -2.27. The molecule has 0 bridgehead atoms. The van der Waals surface area contributed by atoms with E-state index in [4.69, 9.17) is 4.42 Å². The molecule has 6 nitrogen and oxygen atoms in total. The molecule has 138 valence electrons. The van der Waals surface area contributed by atoms with Crippen molar-refractivity contribution in [3.05, 3.63) is 70.9 Å². The van der Waals surface area contributed by atoms with Crippen LogP contribution in [0.15, 0.2) is 52.0 Å². The highest BCUT2D eigenvalue weighted by Crippen LogP contribution is 2.24. The van der Waals surface area contributed by atoms with Crippen molar-refractivity contribution in [2.75, 3.05) is 7.05 Å². The summed E-state index contributed by atoms with van der Waals surface area (Å²) in [5.41, 5.74) is 3.40. The average molecular weight is 373 g/mol. The van der Waals surface area contributed by atoms with Crippen LogP contribution in [-0.2, 0) is 23.1 Å². The van der Waals surface area contributed by atoms with Gasteiger partial charge in [-0.15, -0.1) is 0 Å². The van der Waals surface area contributed by atoms with Gasteiger partial charge in [0, 0.05) is 7.05 Å². The Bertz CT molecular complexity index is 988. The molecule has 0 unspecified atom stereocenters. The Labute approximate surface area is 154 Å². The predicted molar refractivity (Wildman–Crippen MR) is 99.3 cm³/mol. The lowest BCUT2D eigenvalue weighted by Gasteiger charge is -2.16. The van der Waals surface area contributed by atoms with Gasteiger partial charge in [-0.3, -0.25) is 4.68 Å². The number of sulfonamides is 1. The third kappa shape index (κ3) is 3.59. The second kappa shape index (κ2) is 7.09. The smallest absolute Gasteiger partial charge is 0.246 e. The van der Waals surface area contributed by atoms with E-state index >= 15 is 0 Å². The molecule has 0 aliphatic heterocycles. The fourth-order valence-corrected chi connectivity index (χ4v) is 4.44. The first-order valence-corrected chi connectivity index (χ1v) is 9.81. The Kier molecular flexibility index (Phi) is 5.02. The Morgan fingerprint density at radius 3 is 2.42 bits per heavy atom. The maximum Gasteiger partial charge on any atom is 0.246 e. The summed E-state index contributed by atoms with van der Waals surface area (Å²) in [5, 5.41) is 4.46. The zero-order chi connectivity index (χ0) is 18.9. The normalized spacial score (nSPS) is 12.0. The average Bonchev–Trinajstić information content (AvgIpc) is 3.18. The van der Waals surface area contributed by atoms with Crippen LogP contribution in [0.3, 0.4) is 0 Å². The number of aromatic nitrogens is 2. The number of furan rings is 1. The predicted octanol–water partition coefficient (Wildman–Crippen LogP) is 3.27. The van der Waals surface area contributed by atoms with Gasteiger partial charge in [0.2, 0.25) is 10.0 Å².